The number of hydrogen-bond donors (Lipinski definition) is 3. The van der Waals surface area contributed by atoms with E-state index in [1.807, 2.05) is 5.32 Å². The second-order valence-electron chi connectivity index (χ2n) is 3.58. The van der Waals surface area contributed by atoms with Gasteiger partial charge in [0.05, 0.1) is 12.6 Å². The molecule has 0 radical (unpaired) electrons. The molecule has 1 aromatic heterocycles. The van der Waals surface area contributed by atoms with Crippen LogP contribution in [0.15, 0.2) is 18.3 Å². The number of aliphatic hydroxyl groups is 1. The van der Waals surface area contributed by atoms with Crippen LogP contribution in [0.25, 0.3) is 0 Å². The molecule has 1 aromatic rings. The van der Waals surface area contributed by atoms with Crippen molar-refractivity contribution in [2.75, 3.05) is 6.61 Å². The van der Waals surface area contributed by atoms with E-state index in [-0.39, 0.29) is 6.42 Å². The van der Waals surface area contributed by atoms with Gasteiger partial charge < -0.3 is 15.5 Å². The molecule has 18 heavy (non-hydrogen) atoms. The molecule has 5 nitrogen and oxygen atoms in total. The van der Waals surface area contributed by atoms with Gasteiger partial charge in [-0.2, -0.15) is 13.2 Å². The fourth-order valence-electron chi connectivity index (χ4n) is 1.33. The molecule has 0 spiro atoms. The molecule has 0 saturated carbocycles. The molecule has 100 valence electrons. The third-order valence-electron chi connectivity index (χ3n) is 2.15. The molecule has 0 aliphatic rings. The second-order valence-corrected chi connectivity index (χ2v) is 3.58. The van der Waals surface area contributed by atoms with Gasteiger partial charge in [-0.25, -0.2) is 4.79 Å². The summed E-state index contributed by atoms with van der Waals surface area (Å²) in [5.74, 6) is 0. The van der Waals surface area contributed by atoms with Crippen LogP contribution in [0.2, 0.25) is 0 Å². The van der Waals surface area contributed by atoms with E-state index in [1.165, 1.54) is 6.07 Å². The number of hydrogen-bond acceptors (Lipinski definition) is 3. The van der Waals surface area contributed by atoms with E-state index in [0.29, 0.717) is 5.56 Å². The van der Waals surface area contributed by atoms with Crippen LogP contribution in [0.5, 0.6) is 0 Å². The monoisotopic (exact) mass is 264 g/mol. The van der Waals surface area contributed by atoms with Crippen LogP contribution in [0.4, 0.5) is 18.0 Å². The Balaban J connectivity index is 2.71. The maximum absolute atomic E-state index is 12.2. The van der Waals surface area contributed by atoms with Crippen LogP contribution in [-0.2, 0) is 12.6 Å². The molecule has 1 rings (SSSR count). The largest absolute Gasteiger partial charge is 0.465 e. The predicted octanol–water partition coefficient (Wildman–Crippen LogP) is 1.27. The van der Waals surface area contributed by atoms with Crippen LogP contribution in [0.3, 0.4) is 0 Å². The number of carboxylic acid groups (broad SMARTS) is 1. The first-order valence-corrected chi connectivity index (χ1v) is 4.95. The van der Waals surface area contributed by atoms with E-state index in [9.17, 15) is 18.0 Å². The van der Waals surface area contributed by atoms with E-state index in [1.54, 1.807) is 0 Å². The summed E-state index contributed by atoms with van der Waals surface area (Å²) in [6.07, 6.45) is -4.74. The first kappa shape index (κ1) is 14.2. The fourth-order valence-corrected chi connectivity index (χ4v) is 1.33. The highest BCUT2D eigenvalue weighted by Gasteiger charge is 2.32. The highest BCUT2D eigenvalue weighted by molar-refractivity contribution is 5.64. The highest BCUT2D eigenvalue weighted by Crippen LogP contribution is 2.27. The highest BCUT2D eigenvalue weighted by atomic mass is 19.4. The average Bonchev–Trinajstić information content (AvgIpc) is 2.27. The van der Waals surface area contributed by atoms with Gasteiger partial charge in [0.2, 0.25) is 0 Å². The molecule has 1 amide bonds. The van der Waals surface area contributed by atoms with Crippen molar-refractivity contribution in [1.82, 2.24) is 10.3 Å². The van der Waals surface area contributed by atoms with Crippen molar-refractivity contribution >= 4 is 6.09 Å². The second kappa shape index (κ2) is 5.67. The average molecular weight is 264 g/mol. The number of nitrogens with zero attached hydrogens (tertiary/aromatic N) is 1. The van der Waals surface area contributed by atoms with Crippen molar-refractivity contribution in [2.45, 2.75) is 18.6 Å². The summed E-state index contributed by atoms with van der Waals surface area (Å²) in [7, 11) is 0. The summed E-state index contributed by atoms with van der Waals surface area (Å²) in [6.45, 7) is -0.451. The van der Waals surface area contributed by atoms with Crippen LogP contribution in [0.1, 0.15) is 11.3 Å². The fraction of sp³-hybridized carbons (Fsp3) is 0.400. The zero-order valence-electron chi connectivity index (χ0n) is 9.11. The van der Waals surface area contributed by atoms with E-state index in [0.717, 1.165) is 12.3 Å². The minimum absolute atomic E-state index is 0.0634. The van der Waals surface area contributed by atoms with Gasteiger partial charge in [0.15, 0.2) is 0 Å². The van der Waals surface area contributed by atoms with Gasteiger partial charge in [0.1, 0.15) is 5.69 Å². The molecule has 3 N–H and O–H groups in total. The van der Waals surface area contributed by atoms with Gasteiger partial charge in [-0.3, -0.25) is 4.98 Å². The lowest BCUT2D eigenvalue weighted by atomic mass is 10.1. The minimum Gasteiger partial charge on any atom is -0.465 e. The number of carbonyl (C=O) groups is 1. The lowest BCUT2D eigenvalue weighted by molar-refractivity contribution is -0.141. The number of amides is 1. The lowest BCUT2D eigenvalue weighted by Crippen LogP contribution is -2.38. The Bertz CT molecular complexity index is 406. The Morgan fingerprint density at radius 2 is 2.11 bits per heavy atom. The van der Waals surface area contributed by atoms with E-state index in [4.69, 9.17) is 10.2 Å². The summed E-state index contributed by atoms with van der Waals surface area (Å²) < 4.78 is 36.7. The molecule has 0 unspecified atom stereocenters. The number of nitrogens with one attached hydrogen (secondary N) is 1. The van der Waals surface area contributed by atoms with Crippen molar-refractivity contribution in [2.24, 2.45) is 0 Å². The van der Waals surface area contributed by atoms with Crippen molar-refractivity contribution in [1.29, 1.82) is 0 Å². The summed E-state index contributed by atoms with van der Waals surface area (Å²) in [5, 5.41) is 19.4. The van der Waals surface area contributed by atoms with Gasteiger partial charge >= 0.3 is 12.3 Å². The summed E-state index contributed by atoms with van der Waals surface area (Å²) >= 11 is 0. The van der Waals surface area contributed by atoms with Crippen LogP contribution < -0.4 is 5.32 Å². The number of rotatable bonds is 4. The van der Waals surface area contributed by atoms with Crippen LogP contribution in [0, 0.1) is 0 Å². The van der Waals surface area contributed by atoms with Gasteiger partial charge in [0.25, 0.3) is 0 Å². The molecular weight excluding hydrogens is 253 g/mol. The topological polar surface area (TPSA) is 82.5 Å². The minimum atomic E-state index is -4.51. The predicted molar refractivity (Wildman–Crippen MR) is 55.0 cm³/mol. The lowest BCUT2D eigenvalue weighted by Gasteiger charge is -2.14. The maximum Gasteiger partial charge on any atom is 0.433 e. The van der Waals surface area contributed by atoms with Gasteiger partial charge in [-0.05, 0) is 18.1 Å². The normalized spacial score (nSPS) is 13.1. The van der Waals surface area contributed by atoms with Gasteiger partial charge in [-0.15, -0.1) is 0 Å². The van der Waals surface area contributed by atoms with Crippen molar-refractivity contribution in [3.8, 4) is 0 Å². The first-order valence-electron chi connectivity index (χ1n) is 4.95. The number of alkyl halides is 3. The quantitative estimate of drug-likeness (QED) is 0.764. The molecule has 0 fully saturated rings. The van der Waals surface area contributed by atoms with E-state index in [2.05, 4.69) is 4.98 Å². The number of aromatic nitrogens is 1. The summed E-state index contributed by atoms with van der Waals surface area (Å²) in [6, 6.07) is 1.23. The number of aliphatic hydroxyl groups excluding tert-OH is 1. The summed E-state index contributed by atoms with van der Waals surface area (Å²) in [4.78, 5) is 13.6. The standard InChI is InChI=1S/C10H11F3N2O3/c11-10(12,13)8-2-1-6(4-14-8)3-7(5-16)15-9(17)18/h1-2,4,7,15-16H,3,5H2,(H,17,18)/t7-/m1/s1. The summed E-state index contributed by atoms with van der Waals surface area (Å²) in [5.41, 5.74) is -0.617. The molecule has 0 aliphatic carbocycles. The Morgan fingerprint density at radius 1 is 1.44 bits per heavy atom. The number of halogens is 3. The van der Waals surface area contributed by atoms with E-state index >= 15 is 0 Å². The smallest absolute Gasteiger partial charge is 0.433 e. The van der Waals surface area contributed by atoms with Crippen molar-refractivity contribution in [3.63, 3.8) is 0 Å². The Morgan fingerprint density at radius 3 is 2.50 bits per heavy atom. The Labute approximate surface area is 100 Å². The maximum atomic E-state index is 12.2. The van der Waals surface area contributed by atoms with E-state index < -0.39 is 30.6 Å². The van der Waals surface area contributed by atoms with Crippen LogP contribution >= 0.6 is 0 Å². The molecule has 0 aliphatic heterocycles. The Hall–Kier alpha value is -1.83. The molecule has 0 aromatic carbocycles. The zero-order chi connectivity index (χ0) is 13.8. The Kier molecular flexibility index (Phi) is 4.49. The molecule has 8 heteroatoms. The molecule has 1 heterocycles. The van der Waals surface area contributed by atoms with Gasteiger partial charge in [-0.1, -0.05) is 6.07 Å². The van der Waals surface area contributed by atoms with Crippen molar-refractivity contribution in [3.05, 3.63) is 29.6 Å². The molecule has 0 saturated heterocycles. The third-order valence-corrected chi connectivity index (χ3v) is 2.15. The molecular formula is C10H11F3N2O3. The van der Waals surface area contributed by atoms with Gasteiger partial charge in [0, 0.05) is 6.20 Å². The molecule has 0 bridgehead atoms. The first-order chi connectivity index (χ1) is 8.32. The third kappa shape index (κ3) is 4.21. The SMILES string of the molecule is O=C(O)N[C@@H](CO)Cc1ccc(C(F)(F)F)nc1. The van der Waals surface area contributed by atoms with Crippen molar-refractivity contribution < 1.29 is 28.2 Å². The number of pyridine rings is 1. The molecule has 1 atom stereocenters. The van der Waals surface area contributed by atoms with Crippen LogP contribution in [-0.4, -0.2) is 33.9 Å². The zero-order valence-corrected chi connectivity index (χ0v) is 9.11.